The molecule has 2 rings (SSSR count). The minimum atomic E-state index is -0.0751. The Labute approximate surface area is 100 Å². The van der Waals surface area contributed by atoms with Crippen LogP contribution in [0.25, 0.3) is 0 Å². The van der Waals surface area contributed by atoms with Gasteiger partial charge in [-0.2, -0.15) is 0 Å². The van der Waals surface area contributed by atoms with Crippen LogP contribution < -0.4 is 5.73 Å². The smallest absolute Gasteiger partial charge is 0.291 e. The Hall–Kier alpha value is -1.40. The first-order valence-corrected chi connectivity index (χ1v) is 5.83. The van der Waals surface area contributed by atoms with Gasteiger partial charge < -0.3 is 20.0 Å². The summed E-state index contributed by atoms with van der Waals surface area (Å²) in [6.45, 7) is 3.75. The van der Waals surface area contributed by atoms with E-state index in [4.69, 9.17) is 10.2 Å². The first-order valence-electron chi connectivity index (χ1n) is 5.83. The lowest BCUT2D eigenvalue weighted by Gasteiger charge is -2.31. The van der Waals surface area contributed by atoms with Gasteiger partial charge in [-0.3, -0.25) is 4.79 Å². The Morgan fingerprint density at radius 3 is 2.82 bits per heavy atom. The molecule has 1 aliphatic heterocycles. The van der Waals surface area contributed by atoms with Crippen LogP contribution in [0.1, 0.15) is 16.4 Å². The Kier molecular flexibility index (Phi) is 3.75. The van der Waals surface area contributed by atoms with Crippen LogP contribution in [0.3, 0.4) is 0 Å². The third kappa shape index (κ3) is 2.83. The lowest BCUT2D eigenvalue weighted by atomic mass is 10.3. The summed E-state index contributed by atoms with van der Waals surface area (Å²) in [7, 11) is 2.05. The molecule has 0 spiro atoms. The van der Waals surface area contributed by atoms with Crippen molar-refractivity contribution in [3.05, 3.63) is 17.8 Å². The molecule has 0 aromatic carbocycles. The van der Waals surface area contributed by atoms with Gasteiger partial charge in [0.05, 0.1) is 6.20 Å². The Balaban J connectivity index is 1.98. The van der Waals surface area contributed by atoms with Crippen LogP contribution in [0.2, 0.25) is 0 Å². The average Bonchev–Trinajstić information content (AvgIpc) is 2.78. The molecule has 1 amide bonds. The highest BCUT2D eigenvalue weighted by atomic mass is 16.4. The van der Waals surface area contributed by atoms with Crippen molar-refractivity contribution in [2.24, 2.45) is 5.73 Å². The summed E-state index contributed by atoms with van der Waals surface area (Å²) >= 11 is 0. The van der Waals surface area contributed by atoms with Crippen LogP contribution in [0.5, 0.6) is 0 Å². The fraction of sp³-hybridized carbons (Fsp3) is 0.636. The van der Waals surface area contributed by atoms with Crippen LogP contribution in [0.15, 0.2) is 10.6 Å². The number of amides is 1. The molecule has 6 nitrogen and oxygen atoms in total. The number of likely N-dealkylation sites (N-methyl/N-ethyl adjacent to an activating group) is 1. The molecule has 1 saturated heterocycles. The van der Waals surface area contributed by atoms with E-state index >= 15 is 0 Å². The number of rotatable bonds is 3. The zero-order valence-electron chi connectivity index (χ0n) is 10.1. The Bertz CT molecular complexity index is 383. The number of aromatic nitrogens is 1. The molecule has 17 heavy (non-hydrogen) atoms. The monoisotopic (exact) mass is 238 g/mol. The fourth-order valence-corrected chi connectivity index (χ4v) is 1.81. The van der Waals surface area contributed by atoms with E-state index < -0.39 is 0 Å². The number of nitrogens with zero attached hydrogens (tertiary/aromatic N) is 3. The highest BCUT2D eigenvalue weighted by Crippen LogP contribution is 2.10. The van der Waals surface area contributed by atoms with Crippen LogP contribution in [-0.4, -0.2) is 60.5 Å². The number of piperazine rings is 1. The van der Waals surface area contributed by atoms with Gasteiger partial charge in [0, 0.05) is 39.1 Å². The van der Waals surface area contributed by atoms with Crippen molar-refractivity contribution < 1.29 is 9.21 Å². The predicted octanol–water partition coefficient (Wildman–Crippen LogP) is -0.437. The summed E-state index contributed by atoms with van der Waals surface area (Å²) in [5, 5.41) is 0. The van der Waals surface area contributed by atoms with Gasteiger partial charge in [-0.1, -0.05) is 0 Å². The molecule has 1 aromatic rings. The van der Waals surface area contributed by atoms with Crippen molar-refractivity contribution in [2.45, 2.75) is 6.42 Å². The van der Waals surface area contributed by atoms with Crippen molar-refractivity contribution in [1.82, 2.24) is 14.8 Å². The van der Waals surface area contributed by atoms with E-state index in [0.717, 1.165) is 26.2 Å². The van der Waals surface area contributed by atoms with Crippen LogP contribution in [-0.2, 0) is 6.42 Å². The molecule has 1 aromatic heterocycles. The second kappa shape index (κ2) is 5.29. The van der Waals surface area contributed by atoms with Gasteiger partial charge in [0.25, 0.3) is 5.91 Å². The number of hydrogen-bond donors (Lipinski definition) is 1. The molecular weight excluding hydrogens is 220 g/mol. The highest BCUT2D eigenvalue weighted by molar-refractivity contribution is 5.91. The molecule has 2 heterocycles. The molecule has 94 valence electrons. The van der Waals surface area contributed by atoms with Gasteiger partial charge >= 0.3 is 0 Å². The van der Waals surface area contributed by atoms with E-state index in [9.17, 15) is 4.79 Å². The molecule has 0 unspecified atom stereocenters. The number of hydrogen-bond acceptors (Lipinski definition) is 5. The van der Waals surface area contributed by atoms with E-state index in [0.29, 0.717) is 24.6 Å². The van der Waals surface area contributed by atoms with Crippen molar-refractivity contribution >= 4 is 5.91 Å². The normalized spacial score (nSPS) is 17.4. The van der Waals surface area contributed by atoms with E-state index in [-0.39, 0.29) is 5.91 Å². The molecule has 2 N–H and O–H groups in total. The molecule has 0 bridgehead atoms. The summed E-state index contributed by atoms with van der Waals surface area (Å²) in [6.07, 6.45) is 2.06. The summed E-state index contributed by atoms with van der Waals surface area (Å²) in [4.78, 5) is 20.1. The number of nitrogens with two attached hydrogens (primary N) is 1. The van der Waals surface area contributed by atoms with E-state index in [2.05, 4.69) is 16.9 Å². The Morgan fingerprint density at radius 2 is 2.18 bits per heavy atom. The number of carbonyl (C=O) groups is 1. The predicted molar refractivity (Wildman–Crippen MR) is 62.7 cm³/mol. The van der Waals surface area contributed by atoms with Crippen LogP contribution >= 0.6 is 0 Å². The van der Waals surface area contributed by atoms with Crippen molar-refractivity contribution in [2.75, 3.05) is 39.8 Å². The van der Waals surface area contributed by atoms with Crippen molar-refractivity contribution in [3.8, 4) is 0 Å². The molecule has 0 atom stereocenters. The number of carbonyl (C=O) groups excluding carboxylic acids is 1. The summed E-state index contributed by atoms with van der Waals surface area (Å²) in [6, 6.07) is 0. The van der Waals surface area contributed by atoms with E-state index in [1.54, 1.807) is 4.90 Å². The number of oxazole rings is 1. The molecule has 0 saturated carbocycles. The van der Waals surface area contributed by atoms with Crippen LogP contribution in [0.4, 0.5) is 0 Å². The molecule has 0 radical (unpaired) electrons. The molecular formula is C11H18N4O2. The highest BCUT2D eigenvalue weighted by Gasteiger charge is 2.23. The topological polar surface area (TPSA) is 75.6 Å². The van der Waals surface area contributed by atoms with Gasteiger partial charge in [-0.15, -0.1) is 0 Å². The lowest BCUT2D eigenvalue weighted by Crippen LogP contribution is -2.47. The minimum absolute atomic E-state index is 0.0751. The lowest BCUT2D eigenvalue weighted by molar-refractivity contribution is 0.0630. The summed E-state index contributed by atoms with van der Waals surface area (Å²) in [5.41, 5.74) is 5.40. The zero-order chi connectivity index (χ0) is 12.3. The maximum Gasteiger partial charge on any atom is 0.291 e. The molecule has 0 aliphatic carbocycles. The maximum atomic E-state index is 12.1. The van der Waals surface area contributed by atoms with Crippen molar-refractivity contribution in [1.29, 1.82) is 0 Å². The second-order valence-electron chi connectivity index (χ2n) is 4.25. The zero-order valence-corrected chi connectivity index (χ0v) is 10.1. The summed E-state index contributed by atoms with van der Waals surface area (Å²) in [5.74, 6) is 0.775. The Morgan fingerprint density at radius 1 is 1.47 bits per heavy atom. The fourth-order valence-electron chi connectivity index (χ4n) is 1.81. The van der Waals surface area contributed by atoms with Crippen LogP contribution in [0, 0.1) is 0 Å². The van der Waals surface area contributed by atoms with Gasteiger partial charge in [0.2, 0.25) is 5.76 Å². The van der Waals surface area contributed by atoms with E-state index in [1.807, 2.05) is 0 Å². The third-order valence-corrected chi connectivity index (χ3v) is 2.91. The van der Waals surface area contributed by atoms with Crippen molar-refractivity contribution in [3.63, 3.8) is 0 Å². The standard InChI is InChI=1S/C11H18N4O2/c1-14-4-6-15(7-5-14)11(16)9-8-13-10(17-9)2-3-12/h8H,2-7,12H2,1H3. The van der Waals surface area contributed by atoms with Gasteiger partial charge in [0.15, 0.2) is 5.89 Å². The third-order valence-electron chi connectivity index (χ3n) is 2.91. The molecule has 1 aliphatic rings. The summed E-state index contributed by atoms with van der Waals surface area (Å²) < 4.78 is 5.37. The average molecular weight is 238 g/mol. The second-order valence-corrected chi connectivity index (χ2v) is 4.25. The minimum Gasteiger partial charge on any atom is -0.435 e. The van der Waals surface area contributed by atoms with Gasteiger partial charge in [-0.25, -0.2) is 4.98 Å². The first kappa shape index (κ1) is 12.1. The largest absolute Gasteiger partial charge is 0.435 e. The maximum absolute atomic E-state index is 12.1. The van der Waals surface area contributed by atoms with Gasteiger partial charge in [0.1, 0.15) is 0 Å². The SMILES string of the molecule is CN1CCN(C(=O)c2cnc(CCN)o2)CC1. The first-order chi connectivity index (χ1) is 8.20. The molecule has 1 fully saturated rings. The van der Waals surface area contributed by atoms with Gasteiger partial charge in [-0.05, 0) is 7.05 Å². The van der Waals surface area contributed by atoms with E-state index in [1.165, 1.54) is 6.20 Å². The molecule has 6 heteroatoms. The quantitative estimate of drug-likeness (QED) is 0.773.